The Kier molecular flexibility index (Phi) is 6.59. The second-order valence-corrected chi connectivity index (χ2v) is 7.62. The molecule has 1 heterocycles. The van der Waals surface area contributed by atoms with Crippen LogP contribution in [0.4, 0.5) is 10.1 Å². The summed E-state index contributed by atoms with van der Waals surface area (Å²) in [7, 11) is 1.58. The molecule has 0 N–H and O–H groups in total. The van der Waals surface area contributed by atoms with Crippen LogP contribution in [0.5, 0.6) is 11.5 Å². The SMILES string of the molecule is CCN1C(=O)/C(=C\c2ccc(OC(C)C)c(OC)c2)SC1=Nc1ccc(F)cc1. The molecule has 1 aliphatic heterocycles. The Morgan fingerprint density at radius 2 is 1.90 bits per heavy atom. The van der Waals surface area contributed by atoms with Crippen LogP contribution < -0.4 is 9.47 Å². The van der Waals surface area contributed by atoms with Crippen molar-refractivity contribution < 1.29 is 18.7 Å². The molecule has 0 bridgehead atoms. The molecule has 0 saturated carbocycles. The van der Waals surface area contributed by atoms with Gasteiger partial charge in [0.2, 0.25) is 0 Å². The van der Waals surface area contributed by atoms with E-state index in [2.05, 4.69) is 4.99 Å². The predicted molar refractivity (Wildman–Crippen MR) is 115 cm³/mol. The minimum Gasteiger partial charge on any atom is -0.493 e. The van der Waals surface area contributed by atoms with E-state index < -0.39 is 0 Å². The maximum Gasteiger partial charge on any atom is 0.266 e. The minimum atomic E-state index is -0.323. The van der Waals surface area contributed by atoms with E-state index >= 15 is 0 Å². The first kappa shape index (κ1) is 20.9. The van der Waals surface area contributed by atoms with Gasteiger partial charge in [0.25, 0.3) is 5.91 Å². The number of methoxy groups -OCH3 is 1. The van der Waals surface area contributed by atoms with Crippen LogP contribution in [-0.2, 0) is 4.79 Å². The highest BCUT2D eigenvalue weighted by Crippen LogP contribution is 2.36. The smallest absolute Gasteiger partial charge is 0.266 e. The van der Waals surface area contributed by atoms with Gasteiger partial charge in [0.05, 0.1) is 23.8 Å². The summed E-state index contributed by atoms with van der Waals surface area (Å²) >= 11 is 1.30. The highest BCUT2D eigenvalue weighted by molar-refractivity contribution is 8.18. The van der Waals surface area contributed by atoms with E-state index in [1.54, 1.807) is 24.1 Å². The number of likely N-dealkylation sites (N-methyl/N-ethyl adjacent to an activating group) is 1. The fourth-order valence-electron chi connectivity index (χ4n) is 2.77. The van der Waals surface area contributed by atoms with E-state index in [4.69, 9.17) is 9.47 Å². The number of aliphatic imine (C=N–C) groups is 1. The molecule has 3 rings (SSSR count). The number of thioether (sulfide) groups is 1. The zero-order chi connectivity index (χ0) is 21.0. The lowest BCUT2D eigenvalue weighted by molar-refractivity contribution is -0.122. The van der Waals surface area contributed by atoms with Crippen molar-refractivity contribution in [2.75, 3.05) is 13.7 Å². The number of halogens is 1. The van der Waals surface area contributed by atoms with E-state index in [1.165, 1.54) is 23.9 Å². The van der Waals surface area contributed by atoms with Crippen molar-refractivity contribution in [1.29, 1.82) is 0 Å². The monoisotopic (exact) mass is 414 g/mol. The van der Waals surface area contributed by atoms with E-state index in [-0.39, 0.29) is 17.8 Å². The molecule has 2 aromatic rings. The van der Waals surface area contributed by atoms with Gasteiger partial charge in [-0.05, 0) is 80.6 Å². The third kappa shape index (κ3) is 4.98. The van der Waals surface area contributed by atoms with Gasteiger partial charge in [-0.2, -0.15) is 0 Å². The molecule has 5 nitrogen and oxygen atoms in total. The molecule has 0 spiro atoms. The summed E-state index contributed by atoms with van der Waals surface area (Å²) in [6.07, 6.45) is 1.84. The van der Waals surface area contributed by atoms with Crippen LogP contribution in [0.2, 0.25) is 0 Å². The summed E-state index contributed by atoms with van der Waals surface area (Å²) in [5.74, 6) is 0.829. The number of hydrogen-bond acceptors (Lipinski definition) is 5. The molecule has 0 aliphatic carbocycles. The molecule has 1 fully saturated rings. The average Bonchev–Trinajstić information content (AvgIpc) is 2.98. The van der Waals surface area contributed by atoms with Crippen LogP contribution in [0.3, 0.4) is 0 Å². The van der Waals surface area contributed by atoms with Gasteiger partial charge in [-0.15, -0.1) is 0 Å². The number of amides is 1. The summed E-state index contributed by atoms with van der Waals surface area (Å²) < 4.78 is 24.3. The van der Waals surface area contributed by atoms with Crippen molar-refractivity contribution >= 4 is 34.6 Å². The van der Waals surface area contributed by atoms with Crippen molar-refractivity contribution in [3.05, 3.63) is 58.8 Å². The van der Waals surface area contributed by atoms with Crippen molar-refractivity contribution in [1.82, 2.24) is 4.90 Å². The predicted octanol–water partition coefficient (Wildman–Crippen LogP) is 5.25. The molecule has 1 aliphatic rings. The van der Waals surface area contributed by atoms with E-state index in [9.17, 15) is 9.18 Å². The molecule has 7 heteroatoms. The van der Waals surface area contributed by atoms with E-state index in [1.807, 2.05) is 45.0 Å². The second kappa shape index (κ2) is 9.13. The van der Waals surface area contributed by atoms with Gasteiger partial charge in [-0.1, -0.05) is 6.07 Å². The summed E-state index contributed by atoms with van der Waals surface area (Å²) in [6, 6.07) is 11.4. The Morgan fingerprint density at radius 3 is 2.52 bits per heavy atom. The van der Waals surface area contributed by atoms with Gasteiger partial charge in [-0.3, -0.25) is 9.69 Å². The van der Waals surface area contributed by atoms with Crippen LogP contribution in [0.15, 0.2) is 52.4 Å². The summed E-state index contributed by atoms with van der Waals surface area (Å²) in [6.45, 7) is 6.28. The largest absolute Gasteiger partial charge is 0.493 e. The van der Waals surface area contributed by atoms with Crippen molar-refractivity contribution in [2.24, 2.45) is 4.99 Å². The Labute approximate surface area is 174 Å². The highest BCUT2D eigenvalue weighted by Gasteiger charge is 2.32. The van der Waals surface area contributed by atoms with Gasteiger partial charge in [-0.25, -0.2) is 9.38 Å². The molecule has 29 heavy (non-hydrogen) atoms. The molecular formula is C22H23FN2O3S. The van der Waals surface area contributed by atoms with Crippen LogP contribution in [0.25, 0.3) is 6.08 Å². The fourth-order valence-corrected chi connectivity index (χ4v) is 3.84. The molecule has 2 aromatic carbocycles. The lowest BCUT2D eigenvalue weighted by Gasteiger charge is -2.14. The zero-order valence-corrected chi connectivity index (χ0v) is 17.6. The van der Waals surface area contributed by atoms with Crippen LogP contribution >= 0.6 is 11.8 Å². The molecule has 1 amide bonds. The fraction of sp³-hybridized carbons (Fsp3) is 0.273. The number of amidine groups is 1. The first-order valence-corrected chi connectivity index (χ1v) is 10.1. The second-order valence-electron chi connectivity index (χ2n) is 6.61. The van der Waals surface area contributed by atoms with Crippen molar-refractivity contribution in [2.45, 2.75) is 26.9 Å². The van der Waals surface area contributed by atoms with Gasteiger partial charge in [0, 0.05) is 6.54 Å². The summed E-state index contributed by atoms with van der Waals surface area (Å²) in [5, 5.41) is 0.571. The van der Waals surface area contributed by atoms with Gasteiger partial charge in [0.1, 0.15) is 5.82 Å². The van der Waals surface area contributed by atoms with Crippen LogP contribution in [0, 0.1) is 5.82 Å². The first-order valence-electron chi connectivity index (χ1n) is 9.31. The Balaban J connectivity index is 1.89. The number of hydrogen-bond donors (Lipinski definition) is 0. The standard InChI is InChI=1S/C22H23FN2O3S/c1-5-25-21(26)20(29-22(25)24-17-9-7-16(23)8-10-17)13-15-6-11-18(28-14(2)3)19(12-15)27-4/h6-14H,5H2,1-4H3/b20-13+,24-22?. The Hall–Kier alpha value is -2.80. The average molecular weight is 415 g/mol. The van der Waals surface area contributed by atoms with E-state index in [0.29, 0.717) is 33.8 Å². The molecule has 1 saturated heterocycles. The number of carbonyl (C=O) groups is 1. The molecule has 152 valence electrons. The van der Waals surface area contributed by atoms with E-state index in [0.717, 1.165) is 5.56 Å². The number of nitrogens with zero attached hydrogens (tertiary/aromatic N) is 2. The third-order valence-electron chi connectivity index (χ3n) is 4.10. The maximum absolute atomic E-state index is 13.1. The topological polar surface area (TPSA) is 51.1 Å². The maximum atomic E-state index is 13.1. The normalized spacial score (nSPS) is 16.9. The molecule has 0 atom stereocenters. The van der Waals surface area contributed by atoms with Crippen LogP contribution in [-0.4, -0.2) is 35.7 Å². The van der Waals surface area contributed by atoms with Crippen molar-refractivity contribution in [3.63, 3.8) is 0 Å². The highest BCUT2D eigenvalue weighted by atomic mass is 32.2. The molecule has 0 unspecified atom stereocenters. The quantitative estimate of drug-likeness (QED) is 0.606. The number of ether oxygens (including phenoxy) is 2. The lowest BCUT2D eigenvalue weighted by atomic mass is 10.2. The van der Waals surface area contributed by atoms with Crippen LogP contribution in [0.1, 0.15) is 26.3 Å². The molecular weight excluding hydrogens is 391 g/mol. The number of carbonyl (C=O) groups excluding carboxylic acids is 1. The van der Waals surface area contributed by atoms with Crippen molar-refractivity contribution in [3.8, 4) is 11.5 Å². The third-order valence-corrected chi connectivity index (χ3v) is 5.11. The van der Waals surface area contributed by atoms with Gasteiger partial charge >= 0.3 is 0 Å². The summed E-state index contributed by atoms with van der Waals surface area (Å²) in [5.41, 5.74) is 1.42. The lowest BCUT2D eigenvalue weighted by Crippen LogP contribution is -2.28. The Morgan fingerprint density at radius 1 is 1.17 bits per heavy atom. The zero-order valence-electron chi connectivity index (χ0n) is 16.8. The van der Waals surface area contributed by atoms with Gasteiger partial charge in [0.15, 0.2) is 16.7 Å². The summed E-state index contributed by atoms with van der Waals surface area (Å²) in [4.78, 5) is 19.5. The molecule has 0 aromatic heterocycles. The number of benzene rings is 2. The minimum absolute atomic E-state index is 0.0309. The molecule has 0 radical (unpaired) electrons. The first-order chi connectivity index (χ1) is 13.9. The number of rotatable bonds is 6. The van der Waals surface area contributed by atoms with Gasteiger partial charge < -0.3 is 9.47 Å². The Bertz CT molecular complexity index is 955.